The van der Waals surface area contributed by atoms with Crippen molar-refractivity contribution in [2.75, 3.05) is 31.2 Å². The van der Waals surface area contributed by atoms with Gasteiger partial charge in [-0.05, 0) is 12.8 Å². The minimum Gasteiger partial charge on any atom is -0.380 e. The molecule has 2 heterocycles. The van der Waals surface area contributed by atoms with Crippen LogP contribution >= 0.6 is 11.3 Å². The first kappa shape index (κ1) is 12.5. The highest BCUT2D eigenvalue weighted by Gasteiger charge is 2.16. The highest BCUT2D eigenvalue weighted by atomic mass is 32.1. The largest absolute Gasteiger partial charge is 0.380 e. The summed E-state index contributed by atoms with van der Waals surface area (Å²) in [6.45, 7) is 5.52. The Labute approximate surface area is 106 Å². The Hall–Kier alpha value is -0.940. The number of rotatable bonds is 4. The molecule has 2 rings (SSSR count). The Balaban J connectivity index is 2.16. The van der Waals surface area contributed by atoms with Crippen LogP contribution in [-0.2, 0) is 11.2 Å². The lowest BCUT2D eigenvalue weighted by atomic mass is 10.2. The van der Waals surface area contributed by atoms with Gasteiger partial charge >= 0.3 is 0 Å². The molecule has 0 N–H and O–H groups in total. The van der Waals surface area contributed by atoms with E-state index < -0.39 is 0 Å². The SMILES string of the molecule is CCCc1nc(N2CCCOCC2)sc1C=O. The molecule has 5 heteroatoms. The van der Waals surface area contributed by atoms with Crippen molar-refractivity contribution in [3.05, 3.63) is 10.6 Å². The molecule has 17 heavy (non-hydrogen) atoms. The van der Waals surface area contributed by atoms with Crippen molar-refractivity contribution in [1.82, 2.24) is 4.98 Å². The highest BCUT2D eigenvalue weighted by Crippen LogP contribution is 2.26. The fraction of sp³-hybridized carbons (Fsp3) is 0.667. The normalized spacial score (nSPS) is 16.9. The third-order valence-electron chi connectivity index (χ3n) is 2.80. The second-order valence-corrected chi connectivity index (χ2v) is 5.14. The number of aldehydes is 1. The van der Waals surface area contributed by atoms with Gasteiger partial charge in [0.05, 0.1) is 17.2 Å². The van der Waals surface area contributed by atoms with E-state index in [-0.39, 0.29) is 0 Å². The molecule has 0 spiro atoms. The summed E-state index contributed by atoms with van der Waals surface area (Å²) in [6.07, 6.45) is 3.86. The molecule has 0 aliphatic carbocycles. The molecule has 0 aromatic carbocycles. The lowest BCUT2D eigenvalue weighted by molar-refractivity contribution is 0.112. The molecular formula is C12H18N2O2S. The fourth-order valence-electron chi connectivity index (χ4n) is 1.93. The minimum atomic E-state index is 0.749. The van der Waals surface area contributed by atoms with Crippen LogP contribution in [-0.4, -0.2) is 37.6 Å². The van der Waals surface area contributed by atoms with E-state index >= 15 is 0 Å². The summed E-state index contributed by atoms with van der Waals surface area (Å²) in [4.78, 5) is 18.6. The number of hydrogen-bond acceptors (Lipinski definition) is 5. The maximum atomic E-state index is 11.0. The quantitative estimate of drug-likeness (QED) is 0.772. The topological polar surface area (TPSA) is 42.4 Å². The van der Waals surface area contributed by atoms with Gasteiger partial charge in [0.25, 0.3) is 0 Å². The molecule has 0 radical (unpaired) electrons. The summed E-state index contributed by atoms with van der Waals surface area (Å²) in [5.41, 5.74) is 0.952. The number of nitrogens with zero attached hydrogens (tertiary/aromatic N) is 2. The average Bonchev–Trinajstić information content (AvgIpc) is 2.58. The summed E-state index contributed by atoms with van der Waals surface area (Å²) >= 11 is 1.51. The van der Waals surface area contributed by atoms with E-state index in [1.807, 2.05) is 0 Å². The van der Waals surface area contributed by atoms with Crippen LogP contribution in [0.25, 0.3) is 0 Å². The van der Waals surface area contributed by atoms with Gasteiger partial charge in [0.15, 0.2) is 11.4 Å². The Bertz CT molecular complexity index is 371. The summed E-state index contributed by atoms with van der Waals surface area (Å²) in [5, 5.41) is 0.973. The molecule has 1 aliphatic heterocycles. The maximum Gasteiger partial charge on any atom is 0.186 e. The van der Waals surface area contributed by atoms with Crippen LogP contribution in [0, 0.1) is 0 Å². The number of ether oxygens (including phenoxy) is 1. The zero-order valence-electron chi connectivity index (χ0n) is 10.1. The summed E-state index contributed by atoms with van der Waals surface area (Å²) in [5.74, 6) is 0. The van der Waals surface area contributed by atoms with Gasteiger partial charge in [-0.3, -0.25) is 4.79 Å². The Morgan fingerprint density at radius 3 is 3.12 bits per heavy atom. The van der Waals surface area contributed by atoms with Crippen LogP contribution in [0.5, 0.6) is 0 Å². The van der Waals surface area contributed by atoms with Crippen molar-refractivity contribution in [1.29, 1.82) is 0 Å². The van der Waals surface area contributed by atoms with Gasteiger partial charge in [0.2, 0.25) is 0 Å². The standard InChI is InChI=1S/C12H18N2O2S/c1-2-4-10-11(9-15)17-12(13-10)14-5-3-7-16-8-6-14/h9H,2-8H2,1H3. The predicted molar refractivity (Wildman–Crippen MR) is 69.1 cm³/mol. The van der Waals surface area contributed by atoms with Crippen LogP contribution in [0.15, 0.2) is 0 Å². The lowest BCUT2D eigenvalue weighted by Gasteiger charge is -2.17. The first-order valence-electron chi connectivity index (χ1n) is 6.12. The molecule has 1 aromatic rings. The smallest absolute Gasteiger partial charge is 0.186 e. The molecule has 0 unspecified atom stereocenters. The van der Waals surface area contributed by atoms with E-state index in [0.717, 1.165) is 67.6 Å². The lowest BCUT2D eigenvalue weighted by Crippen LogP contribution is -2.25. The Morgan fingerprint density at radius 2 is 2.35 bits per heavy atom. The number of aryl methyl sites for hydroxylation is 1. The van der Waals surface area contributed by atoms with Gasteiger partial charge in [-0.2, -0.15) is 0 Å². The van der Waals surface area contributed by atoms with Crippen molar-refractivity contribution in [3.63, 3.8) is 0 Å². The molecular weight excluding hydrogens is 236 g/mol. The van der Waals surface area contributed by atoms with Crippen molar-refractivity contribution in [2.45, 2.75) is 26.2 Å². The van der Waals surface area contributed by atoms with Gasteiger partial charge in [-0.25, -0.2) is 4.98 Å². The number of carbonyl (C=O) groups excluding carboxylic acids is 1. The maximum absolute atomic E-state index is 11.0. The third-order valence-corrected chi connectivity index (χ3v) is 3.89. The first-order valence-corrected chi connectivity index (χ1v) is 6.94. The van der Waals surface area contributed by atoms with Crippen LogP contribution in [0.1, 0.15) is 35.1 Å². The van der Waals surface area contributed by atoms with Crippen LogP contribution < -0.4 is 4.90 Å². The summed E-state index contributed by atoms with van der Waals surface area (Å²) < 4.78 is 5.42. The summed E-state index contributed by atoms with van der Waals surface area (Å²) in [6, 6.07) is 0. The Morgan fingerprint density at radius 1 is 1.47 bits per heavy atom. The number of thiazole rings is 1. The monoisotopic (exact) mass is 254 g/mol. The number of carbonyl (C=O) groups is 1. The molecule has 0 amide bonds. The van der Waals surface area contributed by atoms with Gasteiger partial charge < -0.3 is 9.64 Å². The minimum absolute atomic E-state index is 0.749. The van der Waals surface area contributed by atoms with Gasteiger partial charge in [-0.15, -0.1) is 0 Å². The second kappa shape index (κ2) is 6.12. The van der Waals surface area contributed by atoms with E-state index in [2.05, 4.69) is 16.8 Å². The third kappa shape index (κ3) is 3.04. The average molecular weight is 254 g/mol. The second-order valence-electron chi connectivity index (χ2n) is 4.13. The van der Waals surface area contributed by atoms with E-state index in [0.29, 0.717) is 0 Å². The molecule has 1 aliphatic rings. The highest BCUT2D eigenvalue weighted by molar-refractivity contribution is 7.17. The molecule has 0 bridgehead atoms. The molecule has 1 fully saturated rings. The number of anilines is 1. The van der Waals surface area contributed by atoms with Gasteiger partial charge in [-0.1, -0.05) is 24.7 Å². The molecule has 4 nitrogen and oxygen atoms in total. The number of hydrogen-bond donors (Lipinski definition) is 0. The van der Waals surface area contributed by atoms with Crippen LogP contribution in [0.2, 0.25) is 0 Å². The predicted octanol–water partition coefficient (Wildman–Crippen LogP) is 2.13. The first-order chi connectivity index (χ1) is 8.35. The van der Waals surface area contributed by atoms with Gasteiger partial charge in [0, 0.05) is 19.7 Å². The molecule has 1 saturated heterocycles. The van der Waals surface area contributed by atoms with Crippen molar-refractivity contribution in [2.24, 2.45) is 0 Å². The molecule has 94 valence electrons. The van der Waals surface area contributed by atoms with E-state index in [4.69, 9.17) is 4.74 Å². The number of aromatic nitrogens is 1. The summed E-state index contributed by atoms with van der Waals surface area (Å²) in [7, 11) is 0. The van der Waals surface area contributed by atoms with Crippen molar-refractivity contribution >= 4 is 22.8 Å². The Kier molecular flexibility index (Phi) is 4.50. The zero-order valence-corrected chi connectivity index (χ0v) is 11.0. The van der Waals surface area contributed by atoms with Crippen LogP contribution in [0.4, 0.5) is 5.13 Å². The molecule has 1 aromatic heterocycles. The van der Waals surface area contributed by atoms with Gasteiger partial charge in [0.1, 0.15) is 0 Å². The zero-order chi connectivity index (χ0) is 12.1. The fourth-order valence-corrected chi connectivity index (χ4v) is 2.91. The van der Waals surface area contributed by atoms with E-state index in [9.17, 15) is 4.79 Å². The van der Waals surface area contributed by atoms with E-state index in [1.165, 1.54) is 11.3 Å². The van der Waals surface area contributed by atoms with Crippen LogP contribution in [0.3, 0.4) is 0 Å². The van der Waals surface area contributed by atoms with Crippen molar-refractivity contribution < 1.29 is 9.53 Å². The van der Waals surface area contributed by atoms with E-state index in [1.54, 1.807) is 0 Å². The molecule has 0 saturated carbocycles. The van der Waals surface area contributed by atoms with Crippen molar-refractivity contribution in [3.8, 4) is 0 Å². The molecule has 0 atom stereocenters.